The Bertz CT molecular complexity index is 814. The van der Waals surface area contributed by atoms with Crippen LogP contribution in [0.1, 0.15) is 5.69 Å². The molecule has 1 heterocycles. The SMILES string of the molecule is CS(=O)(=O)c1ccc(-c2ccc(CN=[N+]=[N-])nn2)c(F)c1. The molecule has 0 fully saturated rings. The van der Waals surface area contributed by atoms with Crippen molar-refractivity contribution in [3.8, 4) is 11.3 Å². The molecule has 0 spiro atoms. The van der Waals surface area contributed by atoms with Gasteiger partial charge < -0.3 is 0 Å². The van der Waals surface area contributed by atoms with E-state index in [1.54, 1.807) is 6.07 Å². The molecule has 0 bridgehead atoms. The van der Waals surface area contributed by atoms with Gasteiger partial charge in [-0.05, 0) is 35.9 Å². The van der Waals surface area contributed by atoms with E-state index in [9.17, 15) is 12.8 Å². The number of rotatable bonds is 4. The zero-order valence-electron chi connectivity index (χ0n) is 10.9. The number of hydrogen-bond donors (Lipinski definition) is 0. The van der Waals surface area contributed by atoms with E-state index in [-0.39, 0.29) is 22.7 Å². The van der Waals surface area contributed by atoms with Crippen LogP contribution >= 0.6 is 0 Å². The number of aromatic nitrogens is 2. The average Bonchev–Trinajstić information content (AvgIpc) is 2.45. The summed E-state index contributed by atoms with van der Waals surface area (Å²) in [6.45, 7) is 0.0548. The molecule has 0 aliphatic heterocycles. The first kappa shape index (κ1) is 14.9. The van der Waals surface area contributed by atoms with Gasteiger partial charge in [0.05, 0.1) is 22.8 Å². The van der Waals surface area contributed by atoms with Crippen molar-refractivity contribution in [3.05, 3.63) is 52.3 Å². The third kappa shape index (κ3) is 3.53. The molecule has 2 rings (SSSR count). The van der Waals surface area contributed by atoms with Gasteiger partial charge in [0, 0.05) is 16.7 Å². The molecule has 2 aromatic rings. The molecule has 7 nitrogen and oxygen atoms in total. The highest BCUT2D eigenvalue weighted by Gasteiger charge is 2.13. The highest BCUT2D eigenvalue weighted by molar-refractivity contribution is 7.90. The van der Waals surface area contributed by atoms with Crippen LogP contribution in [0, 0.1) is 5.82 Å². The van der Waals surface area contributed by atoms with Crippen LogP contribution in [0.5, 0.6) is 0 Å². The summed E-state index contributed by atoms with van der Waals surface area (Å²) >= 11 is 0. The topological polar surface area (TPSA) is 109 Å². The molecule has 0 saturated carbocycles. The third-order valence-electron chi connectivity index (χ3n) is 2.66. The monoisotopic (exact) mass is 307 g/mol. The van der Waals surface area contributed by atoms with Crippen molar-refractivity contribution in [2.75, 3.05) is 6.26 Å². The Morgan fingerprint density at radius 1 is 1.29 bits per heavy atom. The number of halogens is 1. The van der Waals surface area contributed by atoms with Gasteiger partial charge in [-0.1, -0.05) is 5.11 Å². The van der Waals surface area contributed by atoms with Gasteiger partial charge in [-0.3, -0.25) is 0 Å². The Balaban J connectivity index is 2.36. The summed E-state index contributed by atoms with van der Waals surface area (Å²) in [5.74, 6) is -0.699. The fraction of sp³-hybridized carbons (Fsp3) is 0.167. The predicted octanol–water partition coefficient (Wildman–Crippen LogP) is 2.50. The minimum atomic E-state index is -3.46. The standard InChI is InChI=1S/C12H10FN5O2S/c1-21(19,20)9-3-4-10(11(13)6-9)12-5-2-8(16-17-12)7-15-18-14/h2-6H,7H2,1H3. The highest BCUT2D eigenvalue weighted by Crippen LogP contribution is 2.23. The predicted molar refractivity (Wildman–Crippen MR) is 73.4 cm³/mol. The van der Waals surface area contributed by atoms with Gasteiger partial charge in [0.1, 0.15) is 5.82 Å². The summed E-state index contributed by atoms with van der Waals surface area (Å²) in [7, 11) is -3.46. The second kappa shape index (κ2) is 5.86. The zero-order chi connectivity index (χ0) is 15.5. The number of sulfone groups is 1. The maximum Gasteiger partial charge on any atom is 0.175 e. The molecule has 0 N–H and O–H groups in total. The molecule has 0 aliphatic carbocycles. The van der Waals surface area contributed by atoms with Crippen LogP contribution in [0.25, 0.3) is 21.7 Å². The second-order valence-electron chi connectivity index (χ2n) is 4.21. The van der Waals surface area contributed by atoms with E-state index >= 15 is 0 Å². The van der Waals surface area contributed by atoms with E-state index in [0.29, 0.717) is 5.69 Å². The highest BCUT2D eigenvalue weighted by atomic mass is 32.2. The Labute approximate surface area is 120 Å². The maximum absolute atomic E-state index is 14.0. The quantitative estimate of drug-likeness (QED) is 0.491. The summed E-state index contributed by atoms with van der Waals surface area (Å²) in [5, 5.41) is 11.0. The Morgan fingerprint density at radius 3 is 2.57 bits per heavy atom. The van der Waals surface area contributed by atoms with Gasteiger partial charge in [0.25, 0.3) is 0 Å². The van der Waals surface area contributed by atoms with E-state index in [1.807, 2.05) is 0 Å². The van der Waals surface area contributed by atoms with Gasteiger partial charge in [-0.15, -0.1) is 0 Å². The normalized spacial score (nSPS) is 11.0. The molecular formula is C12H10FN5O2S. The molecule has 108 valence electrons. The van der Waals surface area contributed by atoms with Crippen molar-refractivity contribution in [1.29, 1.82) is 0 Å². The number of benzene rings is 1. The zero-order valence-corrected chi connectivity index (χ0v) is 11.7. The van der Waals surface area contributed by atoms with Gasteiger partial charge in [-0.25, -0.2) is 12.8 Å². The van der Waals surface area contributed by atoms with Crippen LogP contribution in [0.2, 0.25) is 0 Å². The summed E-state index contributed by atoms with van der Waals surface area (Å²) in [6, 6.07) is 6.67. The summed E-state index contributed by atoms with van der Waals surface area (Å²) in [4.78, 5) is 2.50. The molecule has 1 aromatic carbocycles. The summed E-state index contributed by atoms with van der Waals surface area (Å²) in [5.41, 5.74) is 9.05. The molecule has 0 aliphatic rings. The Kier molecular flexibility index (Phi) is 4.15. The van der Waals surface area contributed by atoms with Crippen molar-refractivity contribution < 1.29 is 12.8 Å². The van der Waals surface area contributed by atoms with Crippen LogP contribution < -0.4 is 0 Å². The average molecular weight is 307 g/mol. The van der Waals surface area contributed by atoms with Crippen LogP contribution in [-0.4, -0.2) is 24.9 Å². The van der Waals surface area contributed by atoms with Crippen LogP contribution in [0.15, 0.2) is 40.3 Å². The molecule has 0 saturated heterocycles. The molecule has 0 unspecified atom stereocenters. The lowest BCUT2D eigenvalue weighted by Gasteiger charge is -2.05. The molecule has 9 heteroatoms. The summed E-state index contributed by atoms with van der Waals surface area (Å²) < 4.78 is 36.7. The van der Waals surface area contributed by atoms with Gasteiger partial charge in [-0.2, -0.15) is 10.2 Å². The van der Waals surface area contributed by atoms with Crippen molar-refractivity contribution in [3.63, 3.8) is 0 Å². The first-order valence-electron chi connectivity index (χ1n) is 5.75. The second-order valence-corrected chi connectivity index (χ2v) is 6.23. The lowest BCUT2D eigenvalue weighted by atomic mass is 10.1. The van der Waals surface area contributed by atoms with Gasteiger partial charge in [0.15, 0.2) is 9.84 Å². The number of hydrogen-bond acceptors (Lipinski definition) is 5. The molecule has 0 radical (unpaired) electrons. The maximum atomic E-state index is 14.0. The number of nitrogens with zero attached hydrogens (tertiary/aromatic N) is 5. The van der Waals surface area contributed by atoms with E-state index < -0.39 is 15.7 Å². The van der Waals surface area contributed by atoms with Crippen molar-refractivity contribution in [2.24, 2.45) is 5.11 Å². The fourth-order valence-electron chi connectivity index (χ4n) is 1.63. The molecule has 1 aromatic heterocycles. The van der Waals surface area contributed by atoms with E-state index in [2.05, 4.69) is 20.2 Å². The lowest BCUT2D eigenvalue weighted by Crippen LogP contribution is -1.99. The largest absolute Gasteiger partial charge is 0.224 e. The molecule has 0 amide bonds. The van der Waals surface area contributed by atoms with E-state index in [0.717, 1.165) is 12.3 Å². The Hall–Kier alpha value is -2.51. The third-order valence-corrected chi connectivity index (χ3v) is 3.77. The van der Waals surface area contributed by atoms with Gasteiger partial charge >= 0.3 is 0 Å². The smallest absolute Gasteiger partial charge is 0.175 e. The molecule has 0 atom stereocenters. The summed E-state index contributed by atoms with van der Waals surface area (Å²) in [6.07, 6.45) is 1.01. The van der Waals surface area contributed by atoms with E-state index in [4.69, 9.17) is 5.53 Å². The fourth-order valence-corrected chi connectivity index (χ4v) is 2.26. The van der Waals surface area contributed by atoms with Crippen molar-refractivity contribution in [1.82, 2.24) is 10.2 Å². The lowest BCUT2D eigenvalue weighted by molar-refractivity contribution is 0.596. The molecule has 21 heavy (non-hydrogen) atoms. The Morgan fingerprint density at radius 2 is 2.05 bits per heavy atom. The van der Waals surface area contributed by atoms with Crippen LogP contribution in [-0.2, 0) is 16.4 Å². The van der Waals surface area contributed by atoms with Crippen molar-refractivity contribution >= 4 is 9.84 Å². The van der Waals surface area contributed by atoms with Gasteiger partial charge in [0.2, 0.25) is 0 Å². The minimum Gasteiger partial charge on any atom is -0.224 e. The van der Waals surface area contributed by atoms with E-state index in [1.165, 1.54) is 18.2 Å². The minimum absolute atomic E-state index is 0.0548. The van der Waals surface area contributed by atoms with Crippen LogP contribution in [0.4, 0.5) is 4.39 Å². The first-order valence-corrected chi connectivity index (χ1v) is 7.64. The first-order chi connectivity index (χ1) is 9.91. The van der Waals surface area contributed by atoms with Crippen LogP contribution in [0.3, 0.4) is 0 Å². The van der Waals surface area contributed by atoms with Crippen molar-refractivity contribution in [2.45, 2.75) is 11.4 Å². The molecular weight excluding hydrogens is 297 g/mol. The number of azide groups is 1.